The predicted octanol–water partition coefficient (Wildman–Crippen LogP) is 5.60. The number of hydrogen-bond donors (Lipinski definition) is 1. The Bertz CT molecular complexity index is 543. The maximum Gasteiger partial charge on any atom is 0.0552 e. The van der Waals surface area contributed by atoms with E-state index in [-0.39, 0.29) is 6.04 Å². The smallest absolute Gasteiger partial charge is 0.0552 e. The molecule has 0 radical (unpaired) electrons. The van der Waals surface area contributed by atoms with Gasteiger partial charge in [-0.05, 0) is 47.7 Å². The summed E-state index contributed by atoms with van der Waals surface area (Å²) in [5.74, 6) is 0. The standard InChI is InChI=1S/C17H19Br2N/c1-2-3-4-12-5-7-13(8-6-12)17(20)14-9-15(18)11-16(19)10-14/h5-11,17H,2-4,20H2,1H3. The number of aryl methyl sites for hydroxylation is 1. The van der Waals surface area contributed by atoms with Crippen LogP contribution in [0, 0.1) is 0 Å². The van der Waals surface area contributed by atoms with Crippen molar-refractivity contribution >= 4 is 31.9 Å². The second-order valence-electron chi connectivity index (χ2n) is 5.03. The lowest BCUT2D eigenvalue weighted by atomic mass is 9.97. The largest absolute Gasteiger partial charge is 0.320 e. The van der Waals surface area contributed by atoms with Crippen LogP contribution < -0.4 is 5.73 Å². The number of unbranched alkanes of at least 4 members (excludes halogenated alkanes) is 1. The molecule has 0 fully saturated rings. The van der Waals surface area contributed by atoms with E-state index in [1.54, 1.807) is 0 Å². The number of halogens is 2. The molecule has 20 heavy (non-hydrogen) atoms. The first-order valence-corrected chi connectivity index (χ1v) is 8.49. The van der Waals surface area contributed by atoms with Crippen LogP contribution in [0.4, 0.5) is 0 Å². The van der Waals surface area contributed by atoms with Gasteiger partial charge >= 0.3 is 0 Å². The van der Waals surface area contributed by atoms with Gasteiger partial charge in [-0.2, -0.15) is 0 Å². The van der Waals surface area contributed by atoms with Gasteiger partial charge in [-0.3, -0.25) is 0 Å². The number of hydrogen-bond acceptors (Lipinski definition) is 1. The highest BCUT2D eigenvalue weighted by atomic mass is 79.9. The molecule has 0 aliphatic rings. The third kappa shape index (κ3) is 4.18. The lowest BCUT2D eigenvalue weighted by molar-refractivity contribution is 0.793. The van der Waals surface area contributed by atoms with E-state index in [0.29, 0.717) is 0 Å². The van der Waals surface area contributed by atoms with Gasteiger partial charge in [-0.15, -0.1) is 0 Å². The van der Waals surface area contributed by atoms with Crippen molar-refractivity contribution < 1.29 is 0 Å². The van der Waals surface area contributed by atoms with Gasteiger partial charge in [0.15, 0.2) is 0 Å². The first-order chi connectivity index (χ1) is 9.60. The van der Waals surface area contributed by atoms with Crippen LogP contribution in [-0.4, -0.2) is 0 Å². The van der Waals surface area contributed by atoms with Crippen LogP contribution in [0.3, 0.4) is 0 Å². The molecule has 1 unspecified atom stereocenters. The van der Waals surface area contributed by atoms with Crippen LogP contribution in [0.5, 0.6) is 0 Å². The van der Waals surface area contributed by atoms with Gasteiger partial charge in [0.1, 0.15) is 0 Å². The van der Waals surface area contributed by atoms with Gasteiger partial charge in [0.2, 0.25) is 0 Å². The fourth-order valence-electron chi connectivity index (χ4n) is 2.22. The van der Waals surface area contributed by atoms with E-state index in [4.69, 9.17) is 5.73 Å². The van der Waals surface area contributed by atoms with E-state index in [1.807, 2.05) is 6.07 Å². The Morgan fingerprint density at radius 2 is 1.55 bits per heavy atom. The van der Waals surface area contributed by atoms with Crippen LogP contribution in [0.25, 0.3) is 0 Å². The van der Waals surface area contributed by atoms with Crippen molar-refractivity contribution in [2.24, 2.45) is 5.73 Å². The minimum atomic E-state index is -0.0935. The summed E-state index contributed by atoms with van der Waals surface area (Å²) in [6, 6.07) is 14.7. The third-order valence-electron chi connectivity index (χ3n) is 3.40. The zero-order valence-corrected chi connectivity index (χ0v) is 14.7. The summed E-state index contributed by atoms with van der Waals surface area (Å²) in [7, 11) is 0. The van der Waals surface area contributed by atoms with E-state index >= 15 is 0 Å². The molecule has 0 aliphatic carbocycles. The SMILES string of the molecule is CCCCc1ccc(C(N)c2cc(Br)cc(Br)c2)cc1. The van der Waals surface area contributed by atoms with Crippen molar-refractivity contribution in [3.8, 4) is 0 Å². The van der Waals surface area contributed by atoms with E-state index < -0.39 is 0 Å². The Morgan fingerprint density at radius 3 is 2.10 bits per heavy atom. The molecular weight excluding hydrogens is 378 g/mol. The van der Waals surface area contributed by atoms with Crippen molar-refractivity contribution in [3.05, 3.63) is 68.1 Å². The number of benzene rings is 2. The Morgan fingerprint density at radius 1 is 0.950 bits per heavy atom. The van der Waals surface area contributed by atoms with E-state index in [0.717, 1.165) is 26.5 Å². The van der Waals surface area contributed by atoms with Crippen LogP contribution in [0.1, 0.15) is 42.5 Å². The van der Waals surface area contributed by atoms with Crippen molar-refractivity contribution in [2.75, 3.05) is 0 Å². The second kappa shape index (κ2) is 7.39. The van der Waals surface area contributed by atoms with E-state index in [1.165, 1.54) is 18.4 Å². The Balaban J connectivity index is 2.17. The maximum atomic E-state index is 6.36. The third-order valence-corrected chi connectivity index (χ3v) is 4.32. The molecule has 3 heteroatoms. The number of rotatable bonds is 5. The fourth-order valence-corrected chi connectivity index (χ4v) is 3.55. The molecule has 0 heterocycles. The molecule has 2 aromatic carbocycles. The molecule has 0 amide bonds. The summed E-state index contributed by atoms with van der Waals surface area (Å²) in [5, 5.41) is 0. The summed E-state index contributed by atoms with van der Waals surface area (Å²) in [4.78, 5) is 0. The van der Waals surface area contributed by atoms with Gasteiger partial charge in [0, 0.05) is 8.95 Å². The summed E-state index contributed by atoms with van der Waals surface area (Å²) in [6.45, 7) is 2.22. The van der Waals surface area contributed by atoms with Crippen molar-refractivity contribution in [2.45, 2.75) is 32.2 Å². The number of nitrogens with two attached hydrogens (primary N) is 1. The molecule has 2 N–H and O–H groups in total. The summed E-state index contributed by atoms with van der Waals surface area (Å²) in [5.41, 5.74) is 10.0. The summed E-state index contributed by atoms with van der Waals surface area (Å²) < 4.78 is 2.08. The molecule has 0 bridgehead atoms. The normalized spacial score (nSPS) is 12.4. The van der Waals surface area contributed by atoms with Crippen molar-refractivity contribution in [1.29, 1.82) is 0 Å². The highest BCUT2D eigenvalue weighted by molar-refractivity contribution is 9.11. The Labute approximate surface area is 137 Å². The van der Waals surface area contributed by atoms with Gasteiger partial charge in [0.05, 0.1) is 6.04 Å². The average Bonchev–Trinajstić information content (AvgIpc) is 2.44. The molecule has 2 rings (SSSR count). The zero-order valence-electron chi connectivity index (χ0n) is 11.6. The van der Waals surface area contributed by atoms with Gasteiger partial charge < -0.3 is 5.73 Å². The van der Waals surface area contributed by atoms with Crippen molar-refractivity contribution in [1.82, 2.24) is 0 Å². The molecule has 1 nitrogen and oxygen atoms in total. The monoisotopic (exact) mass is 395 g/mol. The van der Waals surface area contributed by atoms with Crippen LogP contribution in [-0.2, 0) is 6.42 Å². The van der Waals surface area contributed by atoms with Gasteiger partial charge in [-0.25, -0.2) is 0 Å². The molecular formula is C17H19Br2N. The Hall–Kier alpha value is -0.640. The van der Waals surface area contributed by atoms with Gasteiger partial charge in [0.25, 0.3) is 0 Å². The van der Waals surface area contributed by atoms with Crippen LogP contribution in [0.2, 0.25) is 0 Å². The highest BCUT2D eigenvalue weighted by Crippen LogP contribution is 2.27. The average molecular weight is 397 g/mol. The molecule has 2 aromatic rings. The van der Waals surface area contributed by atoms with Crippen LogP contribution in [0.15, 0.2) is 51.4 Å². The zero-order chi connectivity index (χ0) is 14.5. The molecule has 0 saturated carbocycles. The Kier molecular flexibility index (Phi) is 5.82. The molecule has 1 atom stereocenters. The maximum absolute atomic E-state index is 6.36. The first-order valence-electron chi connectivity index (χ1n) is 6.90. The lowest BCUT2D eigenvalue weighted by Gasteiger charge is -2.14. The molecule has 0 saturated heterocycles. The molecule has 106 valence electrons. The van der Waals surface area contributed by atoms with Crippen molar-refractivity contribution in [3.63, 3.8) is 0 Å². The topological polar surface area (TPSA) is 26.0 Å². The second-order valence-corrected chi connectivity index (χ2v) is 6.86. The minimum Gasteiger partial charge on any atom is -0.320 e. The van der Waals surface area contributed by atoms with Gasteiger partial charge in [-0.1, -0.05) is 69.5 Å². The molecule has 0 aliphatic heterocycles. The molecule has 0 aromatic heterocycles. The minimum absolute atomic E-state index is 0.0935. The highest BCUT2D eigenvalue weighted by Gasteiger charge is 2.10. The predicted molar refractivity (Wildman–Crippen MR) is 92.9 cm³/mol. The molecule has 0 spiro atoms. The summed E-state index contributed by atoms with van der Waals surface area (Å²) >= 11 is 7.02. The fraction of sp³-hybridized carbons (Fsp3) is 0.294. The van der Waals surface area contributed by atoms with E-state index in [2.05, 4.69) is 75.2 Å². The summed E-state index contributed by atoms with van der Waals surface area (Å²) in [6.07, 6.45) is 3.62. The quantitative estimate of drug-likeness (QED) is 0.698. The first kappa shape index (κ1) is 15.7. The van der Waals surface area contributed by atoms with Crippen LogP contribution >= 0.6 is 31.9 Å². The van der Waals surface area contributed by atoms with E-state index in [9.17, 15) is 0 Å². The lowest BCUT2D eigenvalue weighted by Crippen LogP contribution is -2.11.